The number of pyridine rings is 1. The first-order chi connectivity index (χ1) is 14.5. The number of nitrogens with one attached hydrogen (secondary N) is 1. The number of hydrogen-bond acceptors (Lipinski definition) is 8. The van der Waals surface area contributed by atoms with Gasteiger partial charge >= 0.3 is 0 Å². The van der Waals surface area contributed by atoms with Crippen LogP contribution in [0.3, 0.4) is 0 Å². The van der Waals surface area contributed by atoms with Crippen LogP contribution in [0, 0.1) is 17.2 Å². The first-order valence-electron chi connectivity index (χ1n) is 10.5. The van der Waals surface area contributed by atoms with Gasteiger partial charge in [0.1, 0.15) is 17.1 Å². The van der Waals surface area contributed by atoms with Gasteiger partial charge in [-0.25, -0.2) is 9.97 Å². The number of likely N-dealkylation sites (N-methyl/N-ethyl adjacent to an activating group) is 1. The standard InChI is InChI=1S/C21H28N8O/c1-15-9-16(26-19(30)14-28-7-5-27(2)6-8-28)13-29(12-15)18-11-25-17(10-22)20-21(18)24-4-3-23-20/h3-4,11,15-16H,5-9,12-14H2,1-2H3,(H,26,30)/t15-,16+/m0/s1. The van der Waals surface area contributed by atoms with E-state index < -0.39 is 0 Å². The van der Waals surface area contributed by atoms with Crippen LogP contribution in [0.25, 0.3) is 11.0 Å². The number of rotatable bonds is 4. The van der Waals surface area contributed by atoms with Gasteiger partial charge in [0.25, 0.3) is 0 Å². The fraction of sp³-hybridized carbons (Fsp3) is 0.571. The number of carbonyl (C=O) groups excluding carboxylic acids is 1. The topological polar surface area (TPSA) is 101 Å². The molecule has 4 rings (SSSR count). The minimum Gasteiger partial charge on any atom is -0.366 e. The van der Waals surface area contributed by atoms with Gasteiger partial charge in [-0.3, -0.25) is 14.7 Å². The highest BCUT2D eigenvalue weighted by molar-refractivity contribution is 5.90. The number of aromatic nitrogens is 3. The third-order valence-electron chi connectivity index (χ3n) is 5.92. The van der Waals surface area contributed by atoms with Gasteiger partial charge in [0.2, 0.25) is 5.91 Å². The van der Waals surface area contributed by atoms with Gasteiger partial charge < -0.3 is 15.1 Å². The molecule has 0 aliphatic carbocycles. The highest BCUT2D eigenvalue weighted by atomic mass is 16.2. The molecule has 0 bridgehead atoms. The Morgan fingerprint density at radius 2 is 1.90 bits per heavy atom. The predicted octanol–water partition coefficient (Wildman–Crippen LogP) is 0.475. The first-order valence-corrected chi connectivity index (χ1v) is 10.5. The largest absolute Gasteiger partial charge is 0.366 e. The van der Waals surface area contributed by atoms with E-state index in [1.807, 2.05) is 0 Å². The molecule has 9 nitrogen and oxygen atoms in total. The van der Waals surface area contributed by atoms with Crippen molar-refractivity contribution in [2.45, 2.75) is 19.4 Å². The number of nitrogens with zero attached hydrogens (tertiary/aromatic N) is 7. The fourth-order valence-electron chi connectivity index (χ4n) is 4.40. The van der Waals surface area contributed by atoms with Crippen molar-refractivity contribution in [3.8, 4) is 6.07 Å². The van der Waals surface area contributed by atoms with Crippen LogP contribution in [0.2, 0.25) is 0 Å². The van der Waals surface area contributed by atoms with E-state index in [2.05, 4.69) is 55.0 Å². The Balaban J connectivity index is 1.46. The van der Waals surface area contributed by atoms with Crippen LogP contribution in [0.5, 0.6) is 0 Å². The Kier molecular flexibility index (Phi) is 6.06. The summed E-state index contributed by atoms with van der Waals surface area (Å²) < 4.78 is 0. The quantitative estimate of drug-likeness (QED) is 0.779. The minimum atomic E-state index is 0.0658. The zero-order valence-corrected chi connectivity index (χ0v) is 17.6. The average Bonchev–Trinajstić information content (AvgIpc) is 2.74. The molecule has 2 aliphatic heterocycles. The summed E-state index contributed by atoms with van der Waals surface area (Å²) in [5.74, 6) is 0.497. The maximum Gasteiger partial charge on any atom is 0.234 e. The zero-order valence-electron chi connectivity index (χ0n) is 17.6. The molecule has 2 fully saturated rings. The van der Waals surface area contributed by atoms with Gasteiger partial charge in [0.05, 0.1) is 18.4 Å². The number of amides is 1. The number of fused-ring (bicyclic) bond motifs is 1. The van der Waals surface area contributed by atoms with E-state index in [0.29, 0.717) is 30.0 Å². The normalized spacial score (nSPS) is 23.3. The third-order valence-corrected chi connectivity index (χ3v) is 5.92. The molecule has 9 heteroatoms. The molecule has 1 amide bonds. The molecule has 158 valence electrons. The van der Waals surface area contributed by atoms with Crippen molar-refractivity contribution in [1.29, 1.82) is 5.26 Å². The zero-order chi connectivity index (χ0) is 21.1. The van der Waals surface area contributed by atoms with E-state index in [4.69, 9.17) is 0 Å². The lowest BCUT2D eigenvalue weighted by molar-refractivity contribution is -0.123. The number of piperazine rings is 1. The highest BCUT2D eigenvalue weighted by Crippen LogP contribution is 2.28. The van der Waals surface area contributed by atoms with Crippen molar-refractivity contribution in [3.63, 3.8) is 0 Å². The molecule has 1 N–H and O–H groups in total. The average molecular weight is 409 g/mol. The monoisotopic (exact) mass is 408 g/mol. The smallest absolute Gasteiger partial charge is 0.234 e. The molecule has 0 unspecified atom stereocenters. The van der Waals surface area contributed by atoms with E-state index in [1.165, 1.54) is 0 Å². The number of hydrogen-bond donors (Lipinski definition) is 1. The van der Waals surface area contributed by atoms with Gasteiger partial charge in [-0.1, -0.05) is 6.92 Å². The lowest BCUT2D eigenvalue weighted by atomic mass is 9.95. The summed E-state index contributed by atoms with van der Waals surface area (Å²) in [6, 6.07) is 2.15. The lowest BCUT2D eigenvalue weighted by Gasteiger charge is -2.38. The van der Waals surface area contributed by atoms with Crippen LogP contribution < -0.4 is 10.2 Å². The van der Waals surface area contributed by atoms with Crippen molar-refractivity contribution in [2.75, 3.05) is 57.8 Å². The van der Waals surface area contributed by atoms with Crippen LogP contribution in [-0.2, 0) is 4.79 Å². The maximum absolute atomic E-state index is 12.7. The SMILES string of the molecule is C[C@H]1C[C@@H](NC(=O)CN2CCN(C)CC2)CN(c2cnc(C#N)c3nccnc23)C1. The van der Waals surface area contributed by atoms with Crippen molar-refractivity contribution >= 4 is 22.6 Å². The van der Waals surface area contributed by atoms with Crippen LogP contribution in [0.1, 0.15) is 19.0 Å². The number of anilines is 1. The highest BCUT2D eigenvalue weighted by Gasteiger charge is 2.28. The van der Waals surface area contributed by atoms with E-state index in [9.17, 15) is 10.1 Å². The van der Waals surface area contributed by atoms with E-state index in [-0.39, 0.29) is 17.6 Å². The van der Waals surface area contributed by atoms with Gasteiger partial charge in [-0.15, -0.1) is 0 Å². The Bertz CT molecular complexity index is 950. The van der Waals surface area contributed by atoms with Crippen molar-refractivity contribution in [2.24, 2.45) is 5.92 Å². The molecule has 2 saturated heterocycles. The second-order valence-electron chi connectivity index (χ2n) is 8.45. The minimum absolute atomic E-state index is 0.0658. The number of carbonyl (C=O) groups is 1. The fourth-order valence-corrected chi connectivity index (χ4v) is 4.40. The number of piperidine rings is 1. The predicted molar refractivity (Wildman–Crippen MR) is 114 cm³/mol. The molecular formula is C21H28N8O. The second-order valence-corrected chi connectivity index (χ2v) is 8.45. The van der Waals surface area contributed by atoms with Crippen LogP contribution in [0.15, 0.2) is 18.6 Å². The molecule has 2 aromatic rings. The summed E-state index contributed by atoms with van der Waals surface area (Å²) in [5, 5.41) is 12.6. The molecule has 4 heterocycles. The van der Waals surface area contributed by atoms with Gasteiger partial charge in [0.15, 0.2) is 5.69 Å². The Morgan fingerprint density at radius 3 is 2.63 bits per heavy atom. The van der Waals surface area contributed by atoms with Crippen molar-refractivity contribution in [3.05, 3.63) is 24.3 Å². The Morgan fingerprint density at radius 1 is 1.17 bits per heavy atom. The molecule has 0 radical (unpaired) electrons. The van der Waals surface area contributed by atoms with Crippen LogP contribution in [-0.4, -0.2) is 89.6 Å². The van der Waals surface area contributed by atoms with E-state index in [1.54, 1.807) is 18.6 Å². The van der Waals surface area contributed by atoms with Crippen molar-refractivity contribution in [1.82, 2.24) is 30.1 Å². The van der Waals surface area contributed by atoms with Gasteiger partial charge in [0, 0.05) is 57.7 Å². The van der Waals surface area contributed by atoms with Gasteiger partial charge in [-0.2, -0.15) is 5.26 Å². The number of nitriles is 1. The first kappa shape index (κ1) is 20.4. The Labute approximate surface area is 176 Å². The lowest BCUT2D eigenvalue weighted by Crippen LogP contribution is -2.54. The molecule has 30 heavy (non-hydrogen) atoms. The maximum atomic E-state index is 12.7. The molecular weight excluding hydrogens is 380 g/mol. The van der Waals surface area contributed by atoms with Crippen LogP contribution in [0.4, 0.5) is 5.69 Å². The van der Waals surface area contributed by atoms with Crippen LogP contribution >= 0.6 is 0 Å². The Hall–Kier alpha value is -2.83. The third kappa shape index (κ3) is 4.50. The summed E-state index contributed by atoms with van der Waals surface area (Å²) in [6.45, 7) is 8.05. The second kappa shape index (κ2) is 8.90. The summed E-state index contributed by atoms with van der Waals surface area (Å²) in [5.41, 5.74) is 2.35. The van der Waals surface area contributed by atoms with Crippen molar-refractivity contribution < 1.29 is 4.79 Å². The summed E-state index contributed by atoms with van der Waals surface area (Å²) in [6.07, 6.45) is 5.86. The van der Waals surface area contributed by atoms with Gasteiger partial charge in [-0.05, 0) is 19.4 Å². The molecule has 0 spiro atoms. The van der Waals surface area contributed by atoms with E-state index >= 15 is 0 Å². The summed E-state index contributed by atoms with van der Waals surface area (Å²) in [7, 11) is 2.11. The van der Waals surface area contributed by atoms with E-state index in [0.717, 1.165) is 44.8 Å². The molecule has 0 aromatic carbocycles. The summed E-state index contributed by atoms with van der Waals surface area (Å²) >= 11 is 0. The molecule has 2 aliphatic rings. The molecule has 0 saturated carbocycles. The summed E-state index contributed by atoms with van der Waals surface area (Å²) in [4.78, 5) is 32.4. The molecule has 2 aromatic heterocycles. The molecule has 2 atom stereocenters.